The highest BCUT2D eigenvalue weighted by atomic mass is 32.1. The molecule has 0 fully saturated rings. The van der Waals surface area contributed by atoms with Crippen LogP contribution in [-0.4, -0.2) is 25.6 Å². The van der Waals surface area contributed by atoms with Crippen molar-refractivity contribution in [3.63, 3.8) is 0 Å². The molecule has 0 spiro atoms. The Bertz CT molecular complexity index is 912. The number of esters is 1. The van der Waals surface area contributed by atoms with E-state index in [1.807, 2.05) is 0 Å². The molecule has 6 nitrogen and oxygen atoms in total. The topological polar surface area (TPSA) is 88.4 Å². The zero-order valence-electron chi connectivity index (χ0n) is 15.9. The Kier molecular flexibility index (Phi) is 6.32. The van der Waals surface area contributed by atoms with Crippen molar-refractivity contribution in [3.05, 3.63) is 45.8 Å². The minimum absolute atomic E-state index is 0.0753. The number of amides is 1. The highest BCUT2D eigenvalue weighted by Gasteiger charge is 2.24. The molecule has 1 aromatic carbocycles. The van der Waals surface area contributed by atoms with Crippen LogP contribution in [-0.2, 0) is 33.6 Å². The second-order valence-corrected chi connectivity index (χ2v) is 8.01. The van der Waals surface area contributed by atoms with Gasteiger partial charge in [-0.1, -0.05) is 19.1 Å². The number of hydrogen-bond acceptors (Lipinski definition) is 6. The number of nitriles is 1. The first-order valence-electron chi connectivity index (χ1n) is 9.13. The molecule has 0 saturated carbocycles. The maximum absolute atomic E-state index is 12.2. The van der Waals surface area contributed by atoms with Crippen molar-refractivity contribution in [1.82, 2.24) is 0 Å². The predicted octanol–water partition coefficient (Wildman–Crippen LogP) is 3.48. The van der Waals surface area contributed by atoms with Crippen LogP contribution in [0.2, 0.25) is 0 Å². The van der Waals surface area contributed by atoms with Crippen LogP contribution in [0.4, 0.5) is 5.00 Å². The second kappa shape index (κ2) is 8.89. The van der Waals surface area contributed by atoms with Crippen LogP contribution in [0.1, 0.15) is 34.9 Å². The quantitative estimate of drug-likeness (QED) is 0.753. The van der Waals surface area contributed by atoms with Crippen molar-refractivity contribution in [2.24, 2.45) is 5.92 Å². The lowest BCUT2D eigenvalue weighted by atomic mass is 9.89. The van der Waals surface area contributed by atoms with E-state index >= 15 is 0 Å². The molecule has 0 bridgehead atoms. The van der Waals surface area contributed by atoms with Crippen LogP contribution in [0.3, 0.4) is 0 Å². The Labute approximate surface area is 168 Å². The fourth-order valence-electron chi connectivity index (χ4n) is 3.23. The Balaban J connectivity index is 1.54. The van der Waals surface area contributed by atoms with Gasteiger partial charge in [0.1, 0.15) is 16.8 Å². The van der Waals surface area contributed by atoms with E-state index in [0.717, 1.165) is 30.4 Å². The molecule has 1 aliphatic carbocycles. The van der Waals surface area contributed by atoms with Gasteiger partial charge in [-0.2, -0.15) is 5.26 Å². The normalized spacial score (nSPS) is 15.2. The van der Waals surface area contributed by atoms with Gasteiger partial charge in [-0.25, -0.2) is 0 Å². The van der Waals surface area contributed by atoms with Gasteiger partial charge in [0.2, 0.25) is 0 Å². The summed E-state index contributed by atoms with van der Waals surface area (Å²) in [6.45, 7) is 1.81. The lowest BCUT2D eigenvalue weighted by molar-refractivity contribution is -0.146. The average Bonchev–Trinajstić information content (AvgIpc) is 3.02. The molecule has 0 radical (unpaired) electrons. The van der Waals surface area contributed by atoms with Crippen molar-refractivity contribution >= 4 is 28.2 Å². The van der Waals surface area contributed by atoms with Crippen molar-refractivity contribution in [2.75, 3.05) is 19.0 Å². The number of carbonyl (C=O) groups excluding carboxylic acids is 2. The molecule has 1 atom stereocenters. The molecule has 1 aromatic heterocycles. The number of hydrogen-bond donors (Lipinski definition) is 1. The molecule has 7 heteroatoms. The minimum atomic E-state index is -0.486. The summed E-state index contributed by atoms with van der Waals surface area (Å²) in [6.07, 6.45) is 2.92. The van der Waals surface area contributed by atoms with Gasteiger partial charge in [-0.3, -0.25) is 9.59 Å². The lowest BCUT2D eigenvalue weighted by Gasteiger charge is -2.17. The van der Waals surface area contributed by atoms with E-state index in [-0.39, 0.29) is 13.0 Å². The van der Waals surface area contributed by atoms with E-state index in [2.05, 4.69) is 18.3 Å². The van der Waals surface area contributed by atoms with E-state index < -0.39 is 11.9 Å². The third-order valence-electron chi connectivity index (χ3n) is 4.75. The molecule has 1 aliphatic rings. The molecule has 0 unspecified atom stereocenters. The molecule has 0 aliphatic heterocycles. The first-order valence-corrected chi connectivity index (χ1v) is 9.94. The second-order valence-electron chi connectivity index (χ2n) is 6.90. The first kappa shape index (κ1) is 19.9. The first-order chi connectivity index (χ1) is 13.5. The fraction of sp³-hybridized carbons (Fsp3) is 0.381. The summed E-state index contributed by atoms with van der Waals surface area (Å²) in [5, 5.41) is 12.8. The van der Waals surface area contributed by atoms with E-state index in [0.29, 0.717) is 22.2 Å². The number of carbonyl (C=O) groups is 2. The number of anilines is 1. The summed E-state index contributed by atoms with van der Waals surface area (Å²) in [5.41, 5.74) is 2.38. The summed E-state index contributed by atoms with van der Waals surface area (Å²) in [7, 11) is 1.57. The maximum atomic E-state index is 12.2. The number of fused-ring (bicyclic) bond motifs is 1. The lowest BCUT2D eigenvalue weighted by Crippen LogP contribution is -2.21. The van der Waals surface area contributed by atoms with Crippen LogP contribution >= 0.6 is 11.3 Å². The smallest absolute Gasteiger partial charge is 0.310 e. The van der Waals surface area contributed by atoms with E-state index in [9.17, 15) is 14.9 Å². The van der Waals surface area contributed by atoms with Gasteiger partial charge in [0.05, 0.1) is 19.1 Å². The standard InChI is InChI=1S/C21H22N2O4S/c1-13-3-8-16-17(11-22)21(28-18(16)9-13)23-19(24)12-27-20(25)10-14-4-6-15(26-2)7-5-14/h4-7,13H,3,8-10,12H2,1-2H3,(H,23,24)/t13-/m0/s1. The van der Waals surface area contributed by atoms with E-state index in [4.69, 9.17) is 9.47 Å². The van der Waals surface area contributed by atoms with Crippen LogP contribution in [0.5, 0.6) is 5.75 Å². The molecule has 28 heavy (non-hydrogen) atoms. The Morgan fingerprint density at radius 2 is 2.07 bits per heavy atom. The fourth-order valence-corrected chi connectivity index (χ4v) is 4.60. The monoisotopic (exact) mass is 398 g/mol. The van der Waals surface area contributed by atoms with Crippen molar-refractivity contribution in [3.8, 4) is 11.8 Å². The third kappa shape index (κ3) is 4.70. The summed E-state index contributed by atoms with van der Waals surface area (Å²) in [5.74, 6) is 0.365. The van der Waals surface area contributed by atoms with Gasteiger partial charge in [-0.15, -0.1) is 11.3 Å². The molecule has 1 N–H and O–H groups in total. The average molecular weight is 398 g/mol. The van der Waals surface area contributed by atoms with Gasteiger partial charge in [0.15, 0.2) is 6.61 Å². The van der Waals surface area contributed by atoms with Gasteiger partial charge < -0.3 is 14.8 Å². The minimum Gasteiger partial charge on any atom is -0.497 e. The Morgan fingerprint density at radius 3 is 2.75 bits per heavy atom. The molecule has 2 aromatic rings. The van der Waals surface area contributed by atoms with Crippen LogP contribution in [0.15, 0.2) is 24.3 Å². The molecule has 1 heterocycles. The van der Waals surface area contributed by atoms with Crippen molar-refractivity contribution < 1.29 is 19.1 Å². The van der Waals surface area contributed by atoms with Crippen LogP contribution in [0.25, 0.3) is 0 Å². The zero-order valence-corrected chi connectivity index (χ0v) is 16.7. The number of benzene rings is 1. The summed E-state index contributed by atoms with van der Waals surface area (Å²) < 4.78 is 10.1. The van der Waals surface area contributed by atoms with Gasteiger partial charge in [-0.05, 0) is 48.4 Å². The molecular formula is C21H22N2O4S. The Morgan fingerprint density at radius 1 is 1.32 bits per heavy atom. The van der Waals surface area contributed by atoms with E-state index in [1.165, 1.54) is 16.2 Å². The number of nitrogens with zero attached hydrogens (tertiary/aromatic N) is 1. The number of thiophene rings is 1. The van der Waals surface area contributed by atoms with Gasteiger partial charge >= 0.3 is 5.97 Å². The largest absolute Gasteiger partial charge is 0.497 e. The molecule has 3 rings (SSSR count). The number of methoxy groups -OCH3 is 1. The Hall–Kier alpha value is -2.85. The van der Waals surface area contributed by atoms with Crippen molar-refractivity contribution in [1.29, 1.82) is 5.26 Å². The molecule has 0 saturated heterocycles. The summed E-state index contributed by atoms with van der Waals surface area (Å²) in [4.78, 5) is 25.3. The van der Waals surface area contributed by atoms with Gasteiger partial charge in [0, 0.05) is 4.88 Å². The zero-order chi connectivity index (χ0) is 20.1. The highest BCUT2D eigenvalue weighted by Crippen LogP contribution is 2.39. The van der Waals surface area contributed by atoms with Crippen LogP contribution < -0.4 is 10.1 Å². The molecule has 146 valence electrons. The third-order valence-corrected chi connectivity index (χ3v) is 5.92. The van der Waals surface area contributed by atoms with Gasteiger partial charge in [0.25, 0.3) is 5.91 Å². The number of nitrogens with one attached hydrogen (secondary N) is 1. The highest BCUT2D eigenvalue weighted by molar-refractivity contribution is 7.16. The predicted molar refractivity (Wildman–Crippen MR) is 107 cm³/mol. The molecular weight excluding hydrogens is 376 g/mol. The van der Waals surface area contributed by atoms with Crippen molar-refractivity contribution in [2.45, 2.75) is 32.6 Å². The number of rotatable bonds is 6. The number of ether oxygens (including phenoxy) is 2. The summed E-state index contributed by atoms with van der Waals surface area (Å²) >= 11 is 1.45. The van der Waals surface area contributed by atoms with Crippen LogP contribution in [0, 0.1) is 17.2 Å². The maximum Gasteiger partial charge on any atom is 0.310 e. The summed E-state index contributed by atoms with van der Waals surface area (Å²) in [6, 6.07) is 9.28. The SMILES string of the molecule is COc1ccc(CC(=O)OCC(=O)Nc2sc3c(c2C#N)CC[C@H](C)C3)cc1. The van der Waals surface area contributed by atoms with E-state index in [1.54, 1.807) is 31.4 Å². The molecule has 1 amide bonds.